The van der Waals surface area contributed by atoms with Crippen LogP contribution in [-0.2, 0) is 4.74 Å². The first-order valence-electron chi connectivity index (χ1n) is 7.67. The Bertz CT molecular complexity index is 274. The van der Waals surface area contributed by atoms with E-state index in [4.69, 9.17) is 4.74 Å². The first-order valence-corrected chi connectivity index (χ1v) is 7.67. The molecule has 0 rings (SSSR count). The highest BCUT2D eigenvalue weighted by Gasteiger charge is 2.10. The molecule has 6 heteroatoms. The van der Waals surface area contributed by atoms with Crippen LogP contribution >= 0.6 is 24.0 Å². The van der Waals surface area contributed by atoms with Crippen LogP contribution in [0.25, 0.3) is 0 Å². The number of ether oxygens (including phenoxy) is 1. The molecule has 0 aromatic heterocycles. The van der Waals surface area contributed by atoms with E-state index in [1.165, 1.54) is 0 Å². The van der Waals surface area contributed by atoms with Crippen molar-refractivity contribution in [3.63, 3.8) is 0 Å². The van der Waals surface area contributed by atoms with Crippen molar-refractivity contribution in [3.05, 3.63) is 0 Å². The van der Waals surface area contributed by atoms with Gasteiger partial charge in [-0.1, -0.05) is 27.7 Å². The Morgan fingerprint density at radius 2 is 1.76 bits per heavy atom. The normalized spacial score (nSPS) is 14.8. The van der Waals surface area contributed by atoms with Gasteiger partial charge in [0.15, 0.2) is 5.96 Å². The van der Waals surface area contributed by atoms with Gasteiger partial charge >= 0.3 is 0 Å². The zero-order chi connectivity index (χ0) is 15.5. The quantitative estimate of drug-likeness (QED) is 0.307. The number of aliphatic hydroxyl groups is 1. The maximum absolute atomic E-state index is 9.83. The van der Waals surface area contributed by atoms with E-state index in [2.05, 4.69) is 50.2 Å². The second-order valence-electron chi connectivity index (χ2n) is 5.98. The predicted octanol–water partition coefficient (Wildman–Crippen LogP) is 2.24. The molecule has 128 valence electrons. The molecular formula is C15H34IN3O2. The largest absolute Gasteiger partial charge is 0.389 e. The van der Waals surface area contributed by atoms with Gasteiger partial charge in [0, 0.05) is 19.2 Å². The van der Waals surface area contributed by atoms with Gasteiger partial charge in [-0.3, -0.25) is 4.99 Å². The number of aliphatic hydroxyl groups excluding tert-OH is 1. The van der Waals surface area contributed by atoms with Gasteiger partial charge in [-0.2, -0.15) is 0 Å². The molecule has 0 radical (unpaired) electrons. The minimum absolute atomic E-state index is 0. The van der Waals surface area contributed by atoms with Crippen LogP contribution in [0.2, 0.25) is 0 Å². The van der Waals surface area contributed by atoms with Crippen molar-refractivity contribution >= 4 is 29.9 Å². The van der Waals surface area contributed by atoms with Gasteiger partial charge in [0.05, 0.1) is 19.3 Å². The summed E-state index contributed by atoms with van der Waals surface area (Å²) in [5, 5.41) is 16.4. The minimum atomic E-state index is -0.557. The molecule has 5 nitrogen and oxygen atoms in total. The highest BCUT2D eigenvalue weighted by Crippen LogP contribution is 1.99. The lowest BCUT2D eigenvalue weighted by Gasteiger charge is -2.21. The number of aliphatic imine (C=N–C) groups is 1. The van der Waals surface area contributed by atoms with Gasteiger partial charge in [-0.25, -0.2) is 0 Å². The van der Waals surface area contributed by atoms with Gasteiger partial charge in [0.1, 0.15) is 0 Å². The second kappa shape index (κ2) is 13.6. The maximum atomic E-state index is 9.83. The lowest BCUT2D eigenvalue weighted by atomic mass is 10.1. The number of nitrogens with one attached hydrogen (secondary N) is 2. The molecule has 0 aliphatic heterocycles. The molecule has 0 saturated heterocycles. The first-order chi connectivity index (χ1) is 9.36. The molecule has 0 aromatic carbocycles. The standard InChI is InChI=1S/C15H33N3O2.HI/c1-7-16-15(18-13(6)12(4)5)17-8-14(19)10-20-9-11(2)3;/h11-14,19H,7-10H2,1-6H3,(H2,16,17,18);1H. The van der Waals surface area contributed by atoms with Crippen molar-refractivity contribution in [2.75, 3.05) is 26.3 Å². The molecule has 3 N–H and O–H groups in total. The molecule has 0 aliphatic carbocycles. The van der Waals surface area contributed by atoms with Crippen LogP contribution in [0.4, 0.5) is 0 Å². The van der Waals surface area contributed by atoms with Crippen LogP contribution in [0.15, 0.2) is 4.99 Å². The van der Waals surface area contributed by atoms with E-state index in [0.717, 1.165) is 12.5 Å². The average Bonchev–Trinajstić information content (AvgIpc) is 2.35. The van der Waals surface area contributed by atoms with E-state index in [1.807, 2.05) is 6.92 Å². The minimum Gasteiger partial charge on any atom is -0.389 e. The molecule has 0 bridgehead atoms. The van der Waals surface area contributed by atoms with Gasteiger partial charge in [-0.05, 0) is 25.7 Å². The van der Waals surface area contributed by atoms with Gasteiger partial charge in [-0.15, -0.1) is 24.0 Å². The summed E-state index contributed by atoms with van der Waals surface area (Å²) in [7, 11) is 0. The van der Waals surface area contributed by atoms with E-state index in [0.29, 0.717) is 37.6 Å². The smallest absolute Gasteiger partial charge is 0.191 e. The molecule has 0 fully saturated rings. The fraction of sp³-hybridized carbons (Fsp3) is 0.933. The van der Waals surface area contributed by atoms with E-state index >= 15 is 0 Å². The van der Waals surface area contributed by atoms with Crippen LogP contribution < -0.4 is 10.6 Å². The molecule has 2 unspecified atom stereocenters. The zero-order valence-corrected chi connectivity index (χ0v) is 16.7. The van der Waals surface area contributed by atoms with Crippen molar-refractivity contribution in [2.24, 2.45) is 16.8 Å². The summed E-state index contributed by atoms with van der Waals surface area (Å²) in [4.78, 5) is 4.40. The van der Waals surface area contributed by atoms with Crippen molar-refractivity contribution in [2.45, 2.75) is 53.7 Å². The summed E-state index contributed by atoms with van der Waals surface area (Å²) in [5.41, 5.74) is 0. The molecule has 0 spiro atoms. The highest BCUT2D eigenvalue weighted by atomic mass is 127. The summed E-state index contributed by atoms with van der Waals surface area (Å²) in [6.45, 7) is 14.8. The maximum Gasteiger partial charge on any atom is 0.191 e. The molecule has 21 heavy (non-hydrogen) atoms. The highest BCUT2D eigenvalue weighted by molar-refractivity contribution is 14.0. The monoisotopic (exact) mass is 415 g/mol. The number of hydrogen-bond acceptors (Lipinski definition) is 3. The summed E-state index contributed by atoms with van der Waals surface area (Å²) < 4.78 is 5.41. The second-order valence-corrected chi connectivity index (χ2v) is 5.98. The van der Waals surface area contributed by atoms with E-state index in [9.17, 15) is 5.11 Å². The number of guanidine groups is 1. The summed E-state index contributed by atoms with van der Waals surface area (Å²) in [6, 6.07) is 0.335. The third kappa shape index (κ3) is 13.3. The Kier molecular flexibility index (Phi) is 15.0. The lowest BCUT2D eigenvalue weighted by molar-refractivity contribution is 0.0301. The van der Waals surface area contributed by atoms with Crippen LogP contribution in [0.1, 0.15) is 41.5 Å². The number of nitrogens with zero attached hydrogens (tertiary/aromatic N) is 1. The number of halogens is 1. The molecule has 0 amide bonds. The lowest BCUT2D eigenvalue weighted by Crippen LogP contribution is -2.44. The molecular weight excluding hydrogens is 381 g/mol. The number of hydrogen-bond donors (Lipinski definition) is 3. The van der Waals surface area contributed by atoms with Crippen molar-refractivity contribution in [1.29, 1.82) is 0 Å². The fourth-order valence-corrected chi connectivity index (χ4v) is 1.39. The molecule has 2 atom stereocenters. The summed E-state index contributed by atoms with van der Waals surface area (Å²) in [6.07, 6.45) is -0.557. The Labute approximate surface area is 147 Å². The Hall–Kier alpha value is -0.0800. The average molecular weight is 415 g/mol. The van der Waals surface area contributed by atoms with E-state index in [1.54, 1.807) is 0 Å². The zero-order valence-electron chi connectivity index (χ0n) is 14.3. The Balaban J connectivity index is 0. The van der Waals surface area contributed by atoms with Crippen LogP contribution in [0.3, 0.4) is 0 Å². The Morgan fingerprint density at radius 1 is 1.14 bits per heavy atom. The molecule has 0 heterocycles. The predicted molar refractivity (Wildman–Crippen MR) is 100 cm³/mol. The number of rotatable bonds is 9. The molecule has 0 aromatic rings. The van der Waals surface area contributed by atoms with Crippen molar-refractivity contribution in [1.82, 2.24) is 10.6 Å². The van der Waals surface area contributed by atoms with Crippen LogP contribution in [0.5, 0.6) is 0 Å². The van der Waals surface area contributed by atoms with Crippen LogP contribution in [0, 0.1) is 11.8 Å². The van der Waals surface area contributed by atoms with Crippen molar-refractivity contribution in [3.8, 4) is 0 Å². The van der Waals surface area contributed by atoms with Crippen LogP contribution in [-0.4, -0.2) is 49.5 Å². The van der Waals surface area contributed by atoms with E-state index in [-0.39, 0.29) is 24.0 Å². The fourth-order valence-electron chi connectivity index (χ4n) is 1.39. The third-order valence-corrected chi connectivity index (χ3v) is 2.93. The third-order valence-electron chi connectivity index (χ3n) is 2.93. The van der Waals surface area contributed by atoms with Gasteiger partial charge < -0.3 is 20.5 Å². The first kappa shape index (κ1) is 23.2. The molecule has 0 saturated carbocycles. The van der Waals surface area contributed by atoms with Gasteiger partial charge in [0.25, 0.3) is 0 Å². The summed E-state index contributed by atoms with van der Waals surface area (Å²) >= 11 is 0. The SMILES string of the molecule is CCNC(=NCC(O)COCC(C)C)NC(C)C(C)C.I. The van der Waals surface area contributed by atoms with Gasteiger partial charge in [0.2, 0.25) is 0 Å². The van der Waals surface area contributed by atoms with Crippen molar-refractivity contribution < 1.29 is 9.84 Å². The van der Waals surface area contributed by atoms with E-state index < -0.39 is 6.10 Å². The topological polar surface area (TPSA) is 65.9 Å². The molecule has 0 aliphatic rings. The Morgan fingerprint density at radius 3 is 2.24 bits per heavy atom. The summed E-state index contributed by atoms with van der Waals surface area (Å²) in [5.74, 6) is 1.76.